The lowest BCUT2D eigenvalue weighted by molar-refractivity contribution is -0.643. The fraction of sp³-hybridized carbons (Fsp3) is 0.323. The van der Waals surface area contributed by atoms with Crippen molar-refractivity contribution in [3.63, 3.8) is 0 Å². The maximum atomic E-state index is 2.60. The average Bonchev–Trinajstić information content (AvgIpc) is 3.06. The third-order valence-corrected chi connectivity index (χ3v) is 9.52. The van der Waals surface area contributed by atoms with E-state index in [1.54, 1.807) is 0 Å². The normalized spacial score (nSPS) is 13.4. The van der Waals surface area contributed by atoms with Crippen molar-refractivity contribution in [2.45, 2.75) is 53.8 Å². The van der Waals surface area contributed by atoms with Gasteiger partial charge in [-0.15, -0.1) is 0 Å². The molecular weight excluding hydrogens is 428 g/mol. The summed E-state index contributed by atoms with van der Waals surface area (Å²) in [4.78, 5) is 0. The first-order valence-electron chi connectivity index (χ1n) is 12.5. The molecular formula is C31H35N2Si+. The summed E-state index contributed by atoms with van der Waals surface area (Å²) in [5, 5.41) is 8.36. The van der Waals surface area contributed by atoms with Gasteiger partial charge >= 0.3 is 0 Å². The quantitative estimate of drug-likeness (QED) is 0.111. The van der Waals surface area contributed by atoms with Gasteiger partial charge in [0.05, 0.1) is 35.4 Å². The second-order valence-corrected chi connectivity index (χ2v) is 17.6. The smallest absolute Gasteiger partial charge is 0.224 e. The molecule has 0 unspecified atom stereocenters. The lowest BCUT2D eigenvalue weighted by Crippen LogP contribution is -2.38. The van der Waals surface area contributed by atoms with Crippen LogP contribution in [0.15, 0.2) is 54.7 Å². The van der Waals surface area contributed by atoms with Gasteiger partial charge in [-0.3, -0.25) is 0 Å². The molecule has 0 fully saturated rings. The van der Waals surface area contributed by atoms with Crippen molar-refractivity contribution in [2.75, 3.05) is 0 Å². The zero-order valence-electron chi connectivity index (χ0n) is 21.8. The number of hydrogen-bond acceptors (Lipinski definition) is 0. The molecule has 0 bridgehead atoms. The van der Waals surface area contributed by atoms with Crippen molar-refractivity contribution in [1.29, 1.82) is 0 Å². The molecule has 3 heteroatoms. The summed E-state index contributed by atoms with van der Waals surface area (Å²) in [5.74, 6) is 0. The Morgan fingerprint density at radius 3 is 2.29 bits per heavy atom. The Kier molecular flexibility index (Phi) is 4.34. The predicted octanol–water partition coefficient (Wildman–Crippen LogP) is 7.26. The third-order valence-electron chi connectivity index (χ3n) is 7.50. The van der Waals surface area contributed by atoms with Crippen LogP contribution in [0, 0.1) is 12.3 Å². The van der Waals surface area contributed by atoms with Crippen LogP contribution in [0.3, 0.4) is 0 Å². The third kappa shape index (κ3) is 3.03. The van der Waals surface area contributed by atoms with Gasteiger partial charge in [0, 0.05) is 16.8 Å². The van der Waals surface area contributed by atoms with Crippen LogP contribution in [0.1, 0.15) is 31.9 Å². The SMILES string of the molecule is Cc1ccc2c3ccc(CC(C)(C)C)cc3n3c4cc([Si](C)(C)C)cc5cc[n+](C)c(c1c23)c54. The summed E-state index contributed by atoms with van der Waals surface area (Å²) < 4.78 is 4.92. The van der Waals surface area contributed by atoms with Crippen LogP contribution in [-0.4, -0.2) is 12.5 Å². The summed E-state index contributed by atoms with van der Waals surface area (Å²) in [6.07, 6.45) is 3.32. The van der Waals surface area contributed by atoms with Gasteiger partial charge in [0.1, 0.15) is 7.05 Å². The van der Waals surface area contributed by atoms with E-state index in [2.05, 4.69) is 118 Å². The molecule has 0 aliphatic heterocycles. The standard InChI is InChI=1S/C31H35N2Si/c1-19-9-11-24-23-12-10-20(18-31(2,3)4)15-25(23)33-26-17-22(34(6,7)8)16-21-13-14-32(5)30(28(21)26)27(19)29(24)33/h9-17H,18H2,1-8H3/q+1. The van der Waals surface area contributed by atoms with E-state index < -0.39 is 8.07 Å². The zero-order chi connectivity index (χ0) is 24.2. The number of pyridine rings is 2. The molecule has 3 aromatic heterocycles. The molecule has 0 saturated heterocycles. The van der Waals surface area contributed by atoms with E-state index in [4.69, 9.17) is 0 Å². The Bertz CT molecular complexity index is 1760. The second-order valence-electron chi connectivity index (χ2n) is 12.6. The van der Waals surface area contributed by atoms with Gasteiger partial charge in [-0.2, -0.15) is 0 Å². The Balaban J connectivity index is 1.93. The first kappa shape index (κ1) is 21.6. The molecule has 172 valence electrons. The van der Waals surface area contributed by atoms with Crippen LogP contribution in [0.4, 0.5) is 0 Å². The molecule has 3 heterocycles. The van der Waals surface area contributed by atoms with Gasteiger partial charge in [0.2, 0.25) is 5.52 Å². The summed E-state index contributed by atoms with van der Waals surface area (Å²) in [6.45, 7) is 16.6. The molecule has 0 saturated carbocycles. The summed E-state index contributed by atoms with van der Waals surface area (Å²) in [7, 11) is 0.697. The van der Waals surface area contributed by atoms with Gasteiger partial charge in [-0.1, -0.05) is 75.9 Å². The first-order valence-corrected chi connectivity index (χ1v) is 16.0. The molecule has 6 aromatic rings. The van der Waals surface area contributed by atoms with Crippen LogP contribution in [0.2, 0.25) is 19.6 Å². The Morgan fingerprint density at radius 1 is 0.853 bits per heavy atom. The van der Waals surface area contributed by atoms with Crippen molar-refractivity contribution >= 4 is 62.3 Å². The number of benzene rings is 3. The van der Waals surface area contributed by atoms with E-state index in [1.807, 2.05) is 0 Å². The molecule has 0 aliphatic rings. The summed E-state index contributed by atoms with van der Waals surface area (Å²) in [6, 6.07) is 19.1. The molecule has 0 aliphatic carbocycles. The van der Waals surface area contributed by atoms with Crippen molar-refractivity contribution < 1.29 is 4.57 Å². The van der Waals surface area contributed by atoms with E-state index in [0.29, 0.717) is 0 Å². The number of nitrogens with zero attached hydrogens (tertiary/aromatic N) is 2. The fourth-order valence-electron chi connectivity index (χ4n) is 5.92. The molecule has 0 N–H and O–H groups in total. The second kappa shape index (κ2) is 6.82. The lowest BCUT2D eigenvalue weighted by atomic mass is 9.88. The van der Waals surface area contributed by atoms with Gasteiger partial charge in [-0.05, 0) is 47.4 Å². The highest BCUT2D eigenvalue weighted by Gasteiger charge is 2.26. The molecule has 34 heavy (non-hydrogen) atoms. The lowest BCUT2D eigenvalue weighted by Gasteiger charge is -2.20. The van der Waals surface area contributed by atoms with E-state index in [-0.39, 0.29) is 5.41 Å². The zero-order valence-corrected chi connectivity index (χ0v) is 22.8. The highest BCUT2D eigenvalue weighted by molar-refractivity contribution is 6.89. The minimum atomic E-state index is -1.50. The predicted molar refractivity (Wildman–Crippen MR) is 151 cm³/mol. The number of hydrogen-bond donors (Lipinski definition) is 0. The van der Waals surface area contributed by atoms with Crippen LogP contribution >= 0.6 is 0 Å². The van der Waals surface area contributed by atoms with Gasteiger partial charge in [0.25, 0.3) is 0 Å². The van der Waals surface area contributed by atoms with Crippen molar-refractivity contribution in [3.8, 4) is 0 Å². The minimum Gasteiger partial charge on any atom is -0.307 e. The number of rotatable bonds is 2. The summed E-state index contributed by atoms with van der Waals surface area (Å²) in [5.41, 5.74) is 8.43. The molecule has 0 amide bonds. The molecule has 0 spiro atoms. The molecule has 0 atom stereocenters. The maximum Gasteiger partial charge on any atom is 0.224 e. The van der Waals surface area contributed by atoms with Gasteiger partial charge in [0.15, 0.2) is 6.20 Å². The van der Waals surface area contributed by atoms with E-state index in [1.165, 1.54) is 65.3 Å². The maximum absolute atomic E-state index is 2.60. The Morgan fingerprint density at radius 2 is 1.59 bits per heavy atom. The molecule has 3 aromatic carbocycles. The molecule has 6 rings (SSSR count). The van der Waals surface area contributed by atoms with Gasteiger partial charge < -0.3 is 4.40 Å². The summed E-state index contributed by atoms with van der Waals surface area (Å²) >= 11 is 0. The van der Waals surface area contributed by atoms with E-state index >= 15 is 0 Å². The van der Waals surface area contributed by atoms with E-state index in [9.17, 15) is 0 Å². The van der Waals surface area contributed by atoms with Crippen molar-refractivity contribution in [2.24, 2.45) is 12.5 Å². The number of aryl methyl sites for hydroxylation is 2. The molecule has 2 nitrogen and oxygen atoms in total. The molecule has 0 radical (unpaired) electrons. The van der Waals surface area contributed by atoms with Gasteiger partial charge in [-0.25, -0.2) is 4.57 Å². The van der Waals surface area contributed by atoms with Crippen LogP contribution in [0.5, 0.6) is 0 Å². The number of aromatic nitrogens is 2. The van der Waals surface area contributed by atoms with Crippen LogP contribution < -0.4 is 9.75 Å². The largest absolute Gasteiger partial charge is 0.307 e. The Hall–Kier alpha value is -2.91. The van der Waals surface area contributed by atoms with E-state index in [0.717, 1.165) is 6.42 Å². The van der Waals surface area contributed by atoms with Crippen LogP contribution in [-0.2, 0) is 13.5 Å². The first-order chi connectivity index (χ1) is 15.9. The topological polar surface area (TPSA) is 8.29 Å². The highest BCUT2D eigenvalue weighted by Crippen LogP contribution is 2.41. The minimum absolute atomic E-state index is 0.259. The van der Waals surface area contributed by atoms with Crippen molar-refractivity contribution in [1.82, 2.24) is 4.40 Å². The monoisotopic (exact) mass is 463 g/mol. The fourth-order valence-corrected chi connectivity index (χ4v) is 7.07. The Labute approximate surface area is 203 Å². The average molecular weight is 464 g/mol. The van der Waals surface area contributed by atoms with Crippen molar-refractivity contribution in [3.05, 3.63) is 65.9 Å². The van der Waals surface area contributed by atoms with Crippen LogP contribution in [0.25, 0.3) is 49.0 Å². The number of fused-ring (bicyclic) bond motifs is 5. The highest BCUT2D eigenvalue weighted by atomic mass is 28.3.